The third kappa shape index (κ3) is 5.65. The van der Waals surface area contributed by atoms with E-state index in [0.29, 0.717) is 0 Å². The zero-order chi connectivity index (χ0) is 15.8. The fraction of sp³-hybridized carbons (Fsp3) is 0.611. The van der Waals surface area contributed by atoms with E-state index in [4.69, 9.17) is 0 Å². The highest BCUT2D eigenvalue weighted by molar-refractivity contribution is 7.98. The van der Waals surface area contributed by atoms with Crippen LogP contribution in [0.1, 0.15) is 30.4 Å². The summed E-state index contributed by atoms with van der Waals surface area (Å²) in [4.78, 5) is 14.4. The van der Waals surface area contributed by atoms with Crippen LogP contribution < -0.4 is 5.32 Å². The maximum Gasteiger partial charge on any atom is 0.224 e. The van der Waals surface area contributed by atoms with Gasteiger partial charge in [-0.05, 0) is 56.7 Å². The monoisotopic (exact) mass is 320 g/mol. The lowest BCUT2D eigenvalue weighted by Gasteiger charge is -2.28. The molecule has 0 aliphatic carbocycles. The summed E-state index contributed by atoms with van der Waals surface area (Å²) in [6, 6.07) is 8.55. The van der Waals surface area contributed by atoms with Crippen LogP contribution in [0.4, 0.5) is 0 Å². The molecule has 1 aromatic rings. The summed E-state index contributed by atoms with van der Waals surface area (Å²) in [6.45, 7) is 5.00. The van der Waals surface area contributed by atoms with E-state index in [1.165, 1.54) is 11.1 Å². The molecule has 1 aliphatic rings. The van der Waals surface area contributed by atoms with E-state index in [1.807, 2.05) is 11.8 Å². The second-order valence-corrected chi connectivity index (χ2v) is 7.33. The summed E-state index contributed by atoms with van der Waals surface area (Å²) >= 11 is 1.95. The maximum absolute atomic E-state index is 12.1. The van der Waals surface area contributed by atoms with Crippen LogP contribution >= 0.6 is 11.8 Å². The van der Waals surface area contributed by atoms with Crippen LogP contribution in [0.25, 0.3) is 0 Å². The zero-order valence-corrected chi connectivity index (χ0v) is 14.6. The molecule has 1 N–H and O–H groups in total. The molecule has 1 saturated heterocycles. The first-order valence-electron chi connectivity index (χ1n) is 8.25. The van der Waals surface area contributed by atoms with E-state index >= 15 is 0 Å². The first-order chi connectivity index (χ1) is 10.7. The summed E-state index contributed by atoms with van der Waals surface area (Å²) in [5, 5.41) is 3.10. The van der Waals surface area contributed by atoms with Gasteiger partial charge in [0, 0.05) is 18.8 Å². The molecule has 0 radical (unpaired) electrons. The highest BCUT2D eigenvalue weighted by atomic mass is 32.2. The summed E-state index contributed by atoms with van der Waals surface area (Å²) in [5.41, 5.74) is 2.78. The first-order valence-corrected chi connectivity index (χ1v) is 9.41. The lowest BCUT2D eigenvalue weighted by molar-refractivity contribution is -0.126. The molecule has 0 aromatic heterocycles. The number of carbonyl (C=O) groups is 1. The predicted octanol–water partition coefficient (Wildman–Crippen LogP) is 3.08. The van der Waals surface area contributed by atoms with Crippen molar-refractivity contribution in [3.05, 3.63) is 35.4 Å². The molecule has 0 saturated carbocycles. The van der Waals surface area contributed by atoms with E-state index in [2.05, 4.69) is 48.5 Å². The van der Waals surface area contributed by atoms with Crippen molar-refractivity contribution < 1.29 is 4.79 Å². The van der Waals surface area contributed by atoms with Crippen molar-refractivity contribution in [2.75, 3.05) is 32.4 Å². The molecule has 22 heavy (non-hydrogen) atoms. The average molecular weight is 321 g/mol. The van der Waals surface area contributed by atoms with Gasteiger partial charge in [-0.15, -0.1) is 0 Å². The van der Waals surface area contributed by atoms with Crippen molar-refractivity contribution in [2.45, 2.75) is 31.9 Å². The van der Waals surface area contributed by atoms with Gasteiger partial charge in [-0.1, -0.05) is 24.3 Å². The number of aryl methyl sites for hydroxylation is 1. The Labute approximate surface area is 138 Å². The minimum atomic E-state index is 0.193. The Morgan fingerprint density at radius 3 is 3.00 bits per heavy atom. The van der Waals surface area contributed by atoms with Crippen LogP contribution in [-0.2, 0) is 10.5 Å². The van der Waals surface area contributed by atoms with E-state index in [-0.39, 0.29) is 11.8 Å². The quantitative estimate of drug-likeness (QED) is 0.784. The van der Waals surface area contributed by atoms with E-state index in [9.17, 15) is 4.79 Å². The third-order valence-corrected chi connectivity index (χ3v) is 5.37. The number of rotatable bonds is 7. The van der Waals surface area contributed by atoms with Crippen molar-refractivity contribution in [3.8, 4) is 0 Å². The van der Waals surface area contributed by atoms with Crippen LogP contribution in [0, 0.1) is 12.8 Å². The van der Waals surface area contributed by atoms with Crippen molar-refractivity contribution >= 4 is 17.7 Å². The molecule has 122 valence electrons. The minimum Gasteiger partial charge on any atom is -0.356 e. The molecular weight excluding hydrogens is 292 g/mol. The number of carbonyl (C=O) groups excluding carboxylic acids is 1. The molecule has 1 heterocycles. The number of amides is 1. The SMILES string of the molecule is Cc1ccccc1CSCCCNC(=O)C1CCCN(C)C1. The van der Waals surface area contributed by atoms with Gasteiger partial charge in [0.1, 0.15) is 0 Å². The lowest BCUT2D eigenvalue weighted by Crippen LogP contribution is -2.41. The normalized spacial score (nSPS) is 19.1. The number of benzene rings is 1. The zero-order valence-electron chi connectivity index (χ0n) is 13.8. The molecule has 1 fully saturated rings. The number of hydrogen-bond donors (Lipinski definition) is 1. The fourth-order valence-electron chi connectivity index (χ4n) is 2.86. The first kappa shape index (κ1) is 17.4. The molecule has 2 rings (SSSR count). The van der Waals surface area contributed by atoms with Crippen molar-refractivity contribution in [3.63, 3.8) is 0 Å². The Bertz CT molecular complexity index is 478. The maximum atomic E-state index is 12.1. The summed E-state index contributed by atoms with van der Waals surface area (Å²) in [6.07, 6.45) is 3.23. The molecule has 1 aromatic carbocycles. The molecule has 0 bridgehead atoms. The highest BCUT2D eigenvalue weighted by Gasteiger charge is 2.23. The lowest BCUT2D eigenvalue weighted by atomic mass is 9.98. The van der Waals surface area contributed by atoms with Crippen LogP contribution in [0.3, 0.4) is 0 Å². The Morgan fingerprint density at radius 1 is 1.41 bits per heavy atom. The Hall–Kier alpha value is -1.00. The van der Waals surface area contributed by atoms with E-state index < -0.39 is 0 Å². The molecule has 1 amide bonds. The van der Waals surface area contributed by atoms with E-state index in [1.54, 1.807) is 0 Å². The van der Waals surface area contributed by atoms with Crippen LogP contribution in [0.15, 0.2) is 24.3 Å². The van der Waals surface area contributed by atoms with Gasteiger partial charge >= 0.3 is 0 Å². The predicted molar refractivity (Wildman–Crippen MR) is 95.2 cm³/mol. The Kier molecular flexibility index (Phi) is 7.26. The van der Waals surface area contributed by atoms with Gasteiger partial charge < -0.3 is 10.2 Å². The van der Waals surface area contributed by atoms with Crippen LogP contribution in [-0.4, -0.2) is 43.2 Å². The van der Waals surface area contributed by atoms with Crippen molar-refractivity contribution in [1.29, 1.82) is 0 Å². The van der Waals surface area contributed by atoms with Gasteiger partial charge in [-0.3, -0.25) is 4.79 Å². The van der Waals surface area contributed by atoms with Gasteiger partial charge in [0.25, 0.3) is 0 Å². The molecule has 3 nitrogen and oxygen atoms in total. The molecular formula is C18H28N2OS. The van der Waals surface area contributed by atoms with Crippen LogP contribution in [0.2, 0.25) is 0 Å². The number of likely N-dealkylation sites (tertiary alicyclic amines) is 1. The number of hydrogen-bond acceptors (Lipinski definition) is 3. The Balaban J connectivity index is 1.55. The standard InChI is InChI=1S/C18H28N2OS/c1-15-7-3-4-8-17(15)14-22-12-6-10-19-18(21)16-9-5-11-20(2)13-16/h3-4,7-8,16H,5-6,9-14H2,1-2H3,(H,19,21). The van der Waals surface area contributed by atoms with Gasteiger partial charge in [0.15, 0.2) is 0 Å². The molecule has 4 heteroatoms. The summed E-state index contributed by atoms with van der Waals surface area (Å²) in [5.74, 6) is 2.60. The Morgan fingerprint density at radius 2 is 2.23 bits per heavy atom. The number of nitrogens with zero attached hydrogens (tertiary/aromatic N) is 1. The second-order valence-electron chi connectivity index (χ2n) is 6.23. The molecule has 1 unspecified atom stereocenters. The van der Waals surface area contributed by atoms with Crippen molar-refractivity contribution in [1.82, 2.24) is 10.2 Å². The van der Waals surface area contributed by atoms with Crippen molar-refractivity contribution in [2.24, 2.45) is 5.92 Å². The minimum absolute atomic E-state index is 0.193. The fourth-order valence-corrected chi connectivity index (χ4v) is 3.90. The second kappa shape index (κ2) is 9.21. The number of piperidine rings is 1. The third-order valence-electron chi connectivity index (χ3n) is 4.28. The summed E-state index contributed by atoms with van der Waals surface area (Å²) in [7, 11) is 2.10. The van der Waals surface area contributed by atoms with Gasteiger partial charge in [0.2, 0.25) is 5.91 Å². The molecule has 1 aliphatic heterocycles. The summed E-state index contributed by atoms with van der Waals surface area (Å²) < 4.78 is 0. The topological polar surface area (TPSA) is 32.3 Å². The van der Waals surface area contributed by atoms with Gasteiger partial charge in [-0.2, -0.15) is 11.8 Å². The van der Waals surface area contributed by atoms with Gasteiger partial charge in [-0.25, -0.2) is 0 Å². The van der Waals surface area contributed by atoms with E-state index in [0.717, 1.165) is 50.4 Å². The molecule has 0 spiro atoms. The highest BCUT2D eigenvalue weighted by Crippen LogP contribution is 2.17. The molecule has 1 atom stereocenters. The van der Waals surface area contributed by atoms with Gasteiger partial charge in [0.05, 0.1) is 5.92 Å². The smallest absolute Gasteiger partial charge is 0.224 e. The van der Waals surface area contributed by atoms with Crippen LogP contribution in [0.5, 0.6) is 0 Å². The average Bonchev–Trinajstić information content (AvgIpc) is 2.52. The number of thioether (sulfide) groups is 1. The number of nitrogens with one attached hydrogen (secondary N) is 1. The largest absolute Gasteiger partial charge is 0.356 e.